The Hall–Kier alpha value is -2.63. The highest BCUT2D eigenvalue weighted by Crippen LogP contribution is 2.26. The fourth-order valence-electron chi connectivity index (χ4n) is 3.05. The van der Waals surface area contributed by atoms with E-state index in [1.165, 1.54) is 0 Å². The van der Waals surface area contributed by atoms with E-state index in [1.807, 2.05) is 30.3 Å². The molecule has 0 spiro atoms. The zero-order chi connectivity index (χ0) is 17.8. The van der Waals surface area contributed by atoms with Crippen LogP contribution in [0, 0.1) is 5.92 Å². The van der Waals surface area contributed by atoms with Gasteiger partial charge in [-0.15, -0.1) is 0 Å². The van der Waals surface area contributed by atoms with E-state index in [1.54, 1.807) is 7.11 Å². The van der Waals surface area contributed by atoms with Crippen molar-refractivity contribution in [1.29, 1.82) is 0 Å². The summed E-state index contributed by atoms with van der Waals surface area (Å²) in [5.74, 6) is 1.42. The maximum absolute atomic E-state index is 11.1. The molecule has 0 unspecified atom stereocenters. The highest BCUT2D eigenvalue weighted by molar-refractivity contribution is 5.70. The van der Waals surface area contributed by atoms with E-state index in [4.69, 9.17) is 14.8 Å². The molecule has 25 heavy (non-hydrogen) atoms. The minimum absolute atomic E-state index is 0.246. The molecule has 3 rings (SSSR count). The van der Waals surface area contributed by atoms with Crippen molar-refractivity contribution in [2.24, 2.45) is 5.92 Å². The minimum Gasteiger partial charge on any atom is -0.497 e. The van der Waals surface area contributed by atoms with Crippen LogP contribution >= 0.6 is 0 Å². The first-order valence-electron chi connectivity index (χ1n) is 8.61. The molecule has 1 N–H and O–H groups in total. The van der Waals surface area contributed by atoms with Crippen molar-refractivity contribution >= 4 is 11.8 Å². The average Bonchev–Trinajstić information content (AvgIpc) is 2.67. The van der Waals surface area contributed by atoms with Gasteiger partial charge in [0.1, 0.15) is 11.6 Å². The van der Waals surface area contributed by atoms with Gasteiger partial charge in [0.2, 0.25) is 0 Å². The van der Waals surface area contributed by atoms with Crippen LogP contribution < -0.4 is 9.64 Å². The maximum atomic E-state index is 11.1. The fourth-order valence-corrected chi connectivity index (χ4v) is 3.05. The summed E-state index contributed by atoms with van der Waals surface area (Å²) in [6, 6.07) is 9.71. The first-order valence-corrected chi connectivity index (χ1v) is 8.61. The van der Waals surface area contributed by atoms with Crippen molar-refractivity contribution in [1.82, 2.24) is 9.97 Å². The number of anilines is 1. The number of rotatable bonds is 5. The smallest absolute Gasteiger partial charge is 0.306 e. The molecule has 1 fully saturated rings. The van der Waals surface area contributed by atoms with Gasteiger partial charge in [0.25, 0.3) is 0 Å². The van der Waals surface area contributed by atoms with Crippen LogP contribution in [-0.2, 0) is 11.2 Å². The van der Waals surface area contributed by atoms with Gasteiger partial charge in [0, 0.05) is 30.4 Å². The van der Waals surface area contributed by atoms with Crippen molar-refractivity contribution in [3.63, 3.8) is 0 Å². The van der Waals surface area contributed by atoms with Crippen LogP contribution in [0.4, 0.5) is 5.82 Å². The number of aromatic nitrogens is 2. The molecule has 1 aromatic heterocycles. The second kappa shape index (κ2) is 7.51. The Morgan fingerprint density at radius 3 is 2.48 bits per heavy atom. The predicted octanol–water partition coefficient (Wildman–Crippen LogP) is 3.02. The Balaban J connectivity index is 1.86. The quantitative estimate of drug-likeness (QED) is 0.901. The molecule has 0 amide bonds. The third kappa shape index (κ3) is 3.90. The summed E-state index contributed by atoms with van der Waals surface area (Å²) in [6.45, 7) is 3.49. The van der Waals surface area contributed by atoms with Gasteiger partial charge in [-0.3, -0.25) is 4.79 Å². The molecule has 6 heteroatoms. The standard InChI is InChI=1S/C19H23N3O3/c1-3-15-12-17(22-10-8-14(9-11-22)19(23)24)21-18(20-15)13-4-6-16(25-2)7-5-13/h4-7,12,14H,3,8-11H2,1-2H3,(H,23,24). The number of nitrogens with zero attached hydrogens (tertiary/aromatic N) is 3. The Morgan fingerprint density at radius 2 is 1.92 bits per heavy atom. The molecule has 2 heterocycles. The number of ether oxygens (including phenoxy) is 1. The van der Waals surface area contributed by atoms with Gasteiger partial charge in [0.15, 0.2) is 5.82 Å². The van der Waals surface area contributed by atoms with Crippen molar-refractivity contribution < 1.29 is 14.6 Å². The van der Waals surface area contributed by atoms with E-state index in [2.05, 4.69) is 16.8 Å². The molecule has 132 valence electrons. The maximum Gasteiger partial charge on any atom is 0.306 e. The minimum atomic E-state index is -0.699. The summed E-state index contributed by atoms with van der Waals surface area (Å²) >= 11 is 0. The lowest BCUT2D eigenvalue weighted by atomic mass is 9.97. The predicted molar refractivity (Wildman–Crippen MR) is 96.0 cm³/mol. The number of carbonyl (C=O) groups is 1. The first-order chi connectivity index (χ1) is 12.1. The van der Waals surface area contributed by atoms with E-state index >= 15 is 0 Å². The number of hydrogen-bond acceptors (Lipinski definition) is 5. The number of methoxy groups -OCH3 is 1. The van der Waals surface area contributed by atoms with Gasteiger partial charge < -0.3 is 14.7 Å². The normalized spacial score (nSPS) is 15.2. The van der Waals surface area contributed by atoms with E-state index in [0.717, 1.165) is 29.2 Å². The number of piperidine rings is 1. The van der Waals surface area contributed by atoms with Crippen LogP contribution in [-0.4, -0.2) is 41.2 Å². The summed E-state index contributed by atoms with van der Waals surface area (Å²) in [5.41, 5.74) is 1.92. The highest BCUT2D eigenvalue weighted by Gasteiger charge is 2.25. The highest BCUT2D eigenvalue weighted by atomic mass is 16.5. The van der Waals surface area contributed by atoms with Gasteiger partial charge in [0.05, 0.1) is 13.0 Å². The number of benzene rings is 1. The van der Waals surface area contributed by atoms with Crippen molar-refractivity contribution in [2.75, 3.05) is 25.1 Å². The second-order valence-corrected chi connectivity index (χ2v) is 6.22. The molecule has 6 nitrogen and oxygen atoms in total. The van der Waals surface area contributed by atoms with Crippen LogP contribution in [0.2, 0.25) is 0 Å². The van der Waals surface area contributed by atoms with E-state index in [0.29, 0.717) is 31.8 Å². The fraction of sp³-hybridized carbons (Fsp3) is 0.421. The third-order valence-corrected chi connectivity index (χ3v) is 4.64. The van der Waals surface area contributed by atoms with Crippen LogP contribution in [0.3, 0.4) is 0 Å². The molecule has 1 aliphatic heterocycles. The second-order valence-electron chi connectivity index (χ2n) is 6.22. The van der Waals surface area contributed by atoms with Gasteiger partial charge in [-0.05, 0) is 43.5 Å². The molecule has 1 saturated heterocycles. The van der Waals surface area contributed by atoms with Gasteiger partial charge in [-0.25, -0.2) is 9.97 Å². The third-order valence-electron chi connectivity index (χ3n) is 4.64. The molecular weight excluding hydrogens is 318 g/mol. The van der Waals surface area contributed by atoms with Crippen LogP contribution in [0.5, 0.6) is 5.75 Å². The number of aliphatic carboxylic acids is 1. The zero-order valence-electron chi connectivity index (χ0n) is 14.6. The molecule has 0 radical (unpaired) electrons. The molecule has 1 aromatic carbocycles. The molecule has 2 aromatic rings. The van der Waals surface area contributed by atoms with Gasteiger partial charge >= 0.3 is 5.97 Å². The molecular formula is C19H23N3O3. The largest absolute Gasteiger partial charge is 0.497 e. The lowest BCUT2D eigenvalue weighted by Gasteiger charge is -2.31. The molecule has 0 aliphatic carbocycles. The number of carboxylic acids is 1. The Kier molecular flexibility index (Phi) is 5.16. The lowest BCUT2D eigenvalue weighted by molar-refractivity contribution is -0.142. The average molecular weight is 341 g/mol. The number of aryl methyl sites for hydroxylation is 1. The number of carboxylic acid groups (broad SMARTS) is 1. The summed E-state index contributed by atoms with van der Waals surface area (Å²) < 4.78 is 5.20. The zero-order valence-corrected chi connectivity index (χ0v) is 14.6. The van der Waals surface area contributed by atoms with Crippen LogP contribution in [0.1, 0.15) is 25.5 Å². The van der Waals surface area contributed by atoms with E-state index in [-0.39, 0.29) is 5.92 Å². The topological polar surface area (TPSA) is 75.6 Å². The van der Waals surface area contributed by atoms with Crippen LogP contribution in [0.25, 0.3) is 11.4 Å². The molecule has 1 aliphatic rings. The summed E-state index contributed by atoms with van der Waals surface area (Å²) in [5, 5.41) is 9.16. The molecule has 0 saturated carbocycles. The summed E-state index contributed by atoms with van der Waals surface area (Å²) in [7, 11) is 1.64. The Morgan fingerprint density at radius 1 is 1.24 bits per heavy atom. The summed E-state index contributed by atoms with van der Waals surface area (Å²) in [4.78, 5) is 22.7. The molecule has 0 bridgehead atoms. The molecule has 0 atom stereocenters. The van der Waals surface area contributed by atoms with Crippen molar-refractivity contribution in [2.45, 2.75) is 26.2 Å². The van der Waals surface area contributed by atoms with Crippen molar-refractivity contribution in [3.05, 3.63) is 36.0 Å². The van der Waals surface area contributed by atoms with Gasteiger partial charge in [-0.1, -0.05) is 6.92 Å². The lowest BCUT2D eigenvalue weighted by Crippen LogP contribution is -2.37. The Labute approximate surface area is 147 Å². The Bertz CT molecular complexity index is 738. The van der Waals surface area contributed by atoms with Crippen molar-refractivity contribution in [3.8, 4) is 17.1 Å². The monoisotopic (exact) mass is 341 g/mol. The first kappa shape index (κ1) is 17.2. The SMILES string of the molecule is CCc1cc(N2CCC(C(=O)O)CC2)nc(-c2ccc(OC)cc2)n1. The van der Waals surface area contributed by atoms with Gasteiger partial charge in [-0.2, -0.15) is 0 Å². The van der Waals surface area contributed by atoms with Crippen LogP contribution in [0.15, 0.2) is 30.3 Å². The van der Waals surface area contributed by atoms with E-state index in [9.17, 15) is 4.79 Å². The van der Waals surface area contributed by atoms with E-state index < -0.39 is 5.97 Å². The number of hydrogen-bond donors (Lipinski definition) is 1. The summed E-state index contributed by atoms with van der Waals surface area (Å²) in [6.07, 6.45) is 2.13.